The van der Waals surface area contributed by atoms with Crippen LogP contribution in [0.1, 0.15) is 30.5 Å². The Morgan fingerprint density at radius 3 is 2.79 bits per heavy atom. The quantitative estimate of drug-likeness (QED) is 0.819. The number of nitrogens with one attached hydrogen (secondary N) is 2. The van der Waals surface area contributed by atoms with E-state index in [1.807, 2.05) is 49.4 Å². The molecule has 24 heavy (non-hydrogen) atoms. The van der Waals surface area contributed by atoms with Gasteiger partial charge in [-0.3, -0.25) is 9.59 Å². The molecule has 0 aliphatic carbocycles. The minimum Gasteiger partial charge on any atom is -0.349 e. The van der Waals surface area contributed by atoms with E-state index in [1.54, 1.807) is 0 Å². The summed E-state index contributed by atoms with van der Waals surface area (Å²) in [6.07, 6.45) is 1.27. The highest BCUT2D eigenvalue weighted by Crippen LogP contribution is 2.26. The molecule has 1 unspecified atom stereocenters. The number of hydrogen-bond donors (Lipinski definition) is 2. The van der Waals surface area contributed by atoms with E-state index in [2.05, 4.69) is 16.7 Å². The predicted octanol–water partition coefficient (Wildman–Crippen LogP) is 3.54. The first-order valence-corrected chi connectivity index (χ1v) is 9.00. The maximum atomic E-state index is 12.1. The lowest BCUT2D eigenvalue weighted by molar-refractivity contribution is -0.119. The van der Waals surface area contributed by atoms with Crippen LogP contribution in [0.5, 0.6) is 0 Å². The summed E-state index contributed by atoms with van der Waals surface area (Å²) in [6, 6.07) is 15.8. The van der Waals surface area contributed by atoms with Crippen molar-refractivity contribution in [2.45, 2.75) is 30.7 Å². The maximum absolute atomic E-state index is 12.1. The van der Waals surface area contributed by atoms with E-state index in [4.69, 9.17) is 0 Å². The van der Waals surface area contributed by atoms with Gasteiger partial charge in [0.25, 0.3) is 0 Å². The van der Waals surface area contributed by atoms with Crippen molar-refractivity contribution >= 4 is 29.3 Å². The van der Waals surface area contributed by atoms with Crippen molar-refractivity contribution in [2.24, 2.45) is 0 Å². The minimum atomic E-state index is -0.0585. The van der Waals surface area contributed by atoms with Crippen LogP contribution in [-0.4, -0.2) is 17.6 Å². The van der Waals surface area contributed by atoms with Crippen LogP contribution in [0.2, 0.25) is 0 Å². The molecule has 2 amide bonds. The number of carbonyl (C=O) groups is 2. The SMILES string of the molecule is CC(NC(=O)CSc1ccccc1)c1ccc2c(c1)CCC(=O)N2. The Morgan fingerprint density at radius 2 is 2.00 bits per heavy atom. The van der Waals surface area contributed by atoms with E-state index in [9.17, 15) is 9.59 Å². The van der Waals surface area contributed by atoms with Crippen molar-refractivity contribution in [1.82, 2.24) is 5.32 Å². The highest BCUT2D eigenvalue weighted by molar-refractivity contribution is 8.00. The smallest absolute Gasteiger partial charge is 0.230 e. The molecule has 0 saturated heterocycles. The van der Waals surface area contributed by atoms with Crippen LogP contribution in [0, 0.1) is 0 Å². The summed E-state index contributed by atoms with van der Waals surface area (Å²) >= 11 is 1.53. The zero-order valence-electron chi connectivity index (χ0n) is 13.5. The van der Waals surface area contributed by atoms with E-state index in [0.717, 1.165) is 28.1 Å². The summed E-state index contributed by atoms with van der Waals surface area (Å²) < 4.78 is 0. The van der Waals surface area contributed by atoms with Gasteiger partial charge < -0.3 is 10.6 Å². The van der Waals surface area contributed by atoms with Crippen molar-refractivity contribution in [3.8, 4) is 0 Å². The third kappa shape index (κ3) is 4.17. The monoisotopic (exact) mass is 340 g/mol. The lowest BCUT2D eigenvalue weighted by atomic mass is 9.98. The summed E-state index contributed by atoms with van der Waals surface area (Å²) in [5.74, 6) is 0.479. The number of rotatable bonds is 5. The Labute approximate surface area is 146 Å². The highest BCUT2D eigenvalue weighted by atomic mass is 32.2. The van der Waals surface area contributed by atoms with Gasteiger partial charge in [0.05, 0.1) is 11.8 Å². The van der Waals surface area contributed by atoms with Gasteiger partial charge in [0.1, 0.15) is 0 Å². The molecule has 2 N–H and O–H groups in total. The summed E-state index contributed by atoms with van der Waals surface area (Å²) in [6.45, 7) is 1.98. The van der Waals surface area contributed by atoms with Gasteiger partial charge in [-0.2, -0.15) is 0 Å². The molecular formula is C19H20N2O2S. The zero-order valence-corrected chi connectivity index (χ0v) is 14.4. The Bertz CT molecular complexity index is 746. The van der Waals surface area contributed by atoms with Crippen LogP contribution < -0.4 is 10.6 Å². The second-order valence-corrected chi connectivity index (χ2v) is 6.90. The fraction of sp³-hybridized carbons (Fsp3) is 0.263. The molecule has 1 atom stereocenters. The Hall–Kier alpha value is -2.27. The second-order valence-electron chi connectivity index (χ2n) is 5.86. The van der Waals surface area contributed by atoms with Crippen LogP contribution in [-0.2, 0) is 16.0 Å². The molecule has 4 nitrogen and oxygen atoms in total. The van der Waals surface area contributed by atoms with Crippen LogP contribution in [0.25, 0.3) is 0 Å². The Balaban J connectivity index is 1.57. The summed E-state index contributed by atoms with van der Waals surface area (Å²) in [5.41, 5.74) is 3.07. The standard InChI is InChI=1S/C19H20N2O2S/c1-13(20-19(23)12-24-16-5-3-2-4-6-16)14-7-9-17-15(11-14)8-10-18(22)21-17/h2-7,9,11,13H,8,10,12H2,1H3,(H,20,23)(H,21,22). The highest BCUT2D eigenvalue weighted by Gasteiger charge is 2.17. The fourth-order valence-electron chi connectivity index (χ4n) is 2.70. The molecule has 0 fully saturated rings. The number of thioether (sulfide) groups is 1. The Kier molecular flexibility index (Phi) is 5.20. The first-order chi connectivity index (χ1) is 11.6. The summed E-state index contributed by atoms with van der Waals surface area (Å²) in [7, 11) is 0. The van der Waals surface area contributed by atoms with E-state index in [-0.39, 0.29) is 17.9 Å². The van der Waals surface area contributed by atoms with Crippen molar-refractivity contribution < 1.29 is 9.59 Å². The fourth-order valence-corrected chi connectivity index (χ4v) is 3.44. The molecule has 1 aliphatic heterocycles. The van der Waals surface area contributed by atoms with Gasteiger partial charge in [0.15, 0.2) is 0 Å². The average Bonchev–Trinajstić information content (AvgIpc) is 2.60. The molecule has 2 aromatic rings. The molecule has 0 saturated carbocycles. The van der Waals surface area contributed by atoms with E-state index < -0.39 is 0 Å². The first kappa shape index (κ1) is 16.6. The average molecular weight is 340 g/mol. The zero-order chi connectivity index (χ0) is 16.9. The van der Waals surface area contributed by atoms with E-state index in [0.29, 0.717) is 12.2 Å². The van der Waals surface area contributed by atoms with Crippen LogP contribution >= 0.6 is 11.8 Å². The largest absolute Gasteiger partial charge is 0.349 e. The number of benzene rings is 2. The molecule has 0 radical (unpaired) electrons. The van der Waals surface area contributed by atoms with Gasteiger partial charge in [-0.05, 0) is 42.7 Å². The van der Waals surface area contributed by atoms with Crippen molar-refractivity contribution in [1.29, 1.82) is 0 Å². The minimum absolute atomic E-state index is 0.0161. The third-order valence-corrected chi connectivity index (χ3v) is 5.03. The van der Waals surface area contributed by atoms with Crippen molar-refractivity contribution in [3.63, 3.8) is 0 Å². The molecule has 5 heteroatoms. The lowest BCUT2D eigenvalue weighted by Crippen LogP contribution is -2.28. The van der Waals surface area contributed by atoms with Gasteiger partial charge >= 0.3 is 0 Å². The van der Waals surface area contributed by atoms with Gasteiger partial charge in [-0.25, -0.2) is 0 Å². The van der Waals surface area contributed by atoms with Crippen LogP contribution in [0.4, 0.5) is 5.69 Å². The number of hydrogen-bond acceptors (Lipinski definition) is 3. The molecule has 0 aromatic heterocycles. The molecule has 0 bridgehead atoms. The van der Waals surface area contributed by atoms with E-state index >= 15 is 0 Å². The first-order valence-electron chi connectivity index (χ1n) is 8.02. The third-order valence-electron chi connectivity index (χ3n) is 4.02. The number of carbonyl (C=O) groups excluding carboxylic acids is 2. The Morgan fingerprint density at radius 1 is 1.21 bits per heavy atom. The molecule has 1 heterocycles. The van der Waals surface area contributed by atoms with Crippen LogP contribution in [0.3, 0.4) is 0 Å². The van der Waals surface area contributed by atoms with Crippen molar-refractivity contribution in [3.05, 3.63) is 59.7 Å². The maximum Gasteiger partial charge on any atom is 0.230 e. The molecule has 2 aromatic carbocycles. The van der Waals surface area contributed by atoms with Crippen molar-refractivity contribution in [2.75, 3.05) is 11.1 Å². The topological polar surface area (TPSA) is 58.2 Å². The normalized spacial score (nSPS) is 14.5. The van der Waals surface area contributed by atoms with Gasteiger partial charge in [-0.15, -0.1) is 11.8 Å². The number of aryl methyl sites for hydroxylation is 1. The lowest BCUT2D eigenvalue weighted by Gasteiger charge is -2.20. The number of anilines is 1. The molecule has 124 valence electrons. The molecular weight excluding hydrogens is 320 g/mol. The van der Waals surface area contributed by atoms with Crippen LogP contribution in [0.15, 0.2) is 53.4 Å². The number of fused-ring (bicyclic) bond motifs is 1. The molecule has 1 aliphatic rings. The predicted molar refractivity (Wildman–Crippen MR) is 97.1 cm³/mol. The number of amides is 2. The molecule has 0 spiro atoms. The van der Waals surface area contributed by atoms with Gasteiger partial charge in [0, 0.05) is 17.0 Å². The summed E-state index contributed by atoms with van der Waals surface area (Å²) in [4.78, 5) is 24.6. The second kappa shape index (κ2) is 7.53. The summed E-state index contributed by atoms with van der Waals surface area (Å²) in [5, 5.41) is 5.91. The van der Waals surface area contributed by atoms with Gasteiger partial charge in [0.2, 0.25) is 11.8 Å². The van der Waals surface area contributed by atoms with Gasteiger partial charge in [-0.1, -0.05) is 30.3 Å². The molecule has 3 rings (SSSR count). The van der Waals surface area contributed by atoms with E-state index in [1.165, 1.54) is 11.8 Å².